The molecule has 2 heterocycles. The van der Waals surface area contributed by atoms with E-state index in [2.05, 4.69) is 0 Å². The fourth-order valence-corrected chi connectivity index (χ4v) is 2.51. The van der Waals surface area contributed by atoms with Crippen LogP contribution in [0.3, 0.4) is 0 Å². The normalized spacial score (nSPS) is 22.3. The van der Waals surface area contributed by atoms with Gasteiger partial charge in [0.2, 0.25) is 17.8 Å². The predicted molar refractivity (Wildman–Crippen MR) is 83.6 cm³/mol. The van der Waals surface area contributed by atoms with Gasteiger partial charge in [-0.15, -0.1) is 0 Å². The van der Waals surface area contributed by atoms with Gasteiger partial charge in [-0.25, -0.2) is 0 Å². The quantitative estimate of drug-likeness (QED) is 0.854. The van der Waals surface area contributed by atoms with Crippen molar-refractivity contribution in [2.45, 2.75) is 19.0 Å². The van der Waals surface area contributed by atoms with Gasteiger partial charge < -0.3 is 18.9 Å². The Morgan fingerprint density at radius 1 is 0.696 bits per heavy atom. The molecule has 0 aliphatic carbocycles. The maximum absolute atomic E-state index is 5.80. The number of hydrogen-bond acceptors (Lipinski definition) is 4. The van der Waals surface area contributed by atoms with E-state index >= 15 is 0 Å². The van der Waals surface area contributed by atoms with Gasteiger partial charge in [0.15, 0.2) is 0 Å². The minimum Gasteiger partial charge on any atom is -0.458 e. The van der Waals surface area contributed by atoms with Gasteiger partial charge in [0.05, 0.1) is 0 Å². The first-order valence-corrected chi connectivity index (χ1v) is 7.52. The van der Waals surface area contributed by atoms with E-state index in [4.69, 9.17) is 18.9 Å². The minimum absolute atomic E-state index is 0.340. The molecule has 0 radical (unpaired) electrons. The second-order valence-electron chi connectivity index (χ2n) is 5.33. The molecule has 0 spiro atoms. The van der Waals surface area contributed by atoms with Gasteiger partial charge in [-0.3, -0.25) is 0 Å². The molecule has 0 fully saturated rings. The zero-order valence-corrected chi connectivity index (χ0v) is 12.4. The molecule has 2 aromatic carbocycles. The SMILES string of the molecule is C1=C(C2=COC(c3ccccc3)O2)OC(Cc2ccccc2)O1. The van der Waals surface area contributed by atoms with Gasteiger partial charge >= 0.3 is 0 Å². The van der Waals surface area contributed by atoms with Crippen LogP contribution in [0.4, 0.5) is 0 Å². The van der Waals surface area contributed by atoms with Crippen molar-refractivity contribution < 1.29 is 18.9 Å². The van der Waals surface area contributed by atoms with Crippen LogP contribution in [0.5, 0.6) is 0 Å². The number of ether oxygens (including phenoxy) is 4. The van der Waals surface area contributed by atoms with Crippen molar-refractivity contribution in [1.82, 2.24) is 0 Å². The first-order chi connectivity index (χ1) is 11.4. The highest BCUT2D eigenvalue weighted by Crippen LogP contribution is 2.34. The zero-order valence-electron chi connectivity index (χ0n) is 12.4. The van der Waals surface area contributed by atoms with Crippen molar-refractivity contribution >= 4 is 0 Å². The standard InChI is InChI=1S/C19H16O4/c1-3-7-14(8-4-1)11-18-20-12-16(22-18)17-13-21-19(23-17)15-9-5-2-6-10-15/h1-10,12-13,18-19H,11H2. The topological polar surface area (TPSA) is 36.9 Å². The largest absolute Gasteiger partial charge is 0.458 e. The Morgan fingerprint density at radius 3 is 2.13 bits per heavy atom. The highest BCUT2D eigenvalue weighted by molar-refractivity contribution is 5.25. The van der Waals surface area contributed by atoms with Crippen molar-refractivity contribution in [2.75, 3.05) is 0 Å². The first kappa shape index (κ1) is 13.8. The van der Waals surface area contributed by atoms with Crippen LogP contribution in [-0.2, 0) is 25.4 Å². The number of benzene rings is 2. The van der Waals surface area contributed by atoms with Crippen molar-refractivity contribution in [3.05, 3.63) is 95.8 Å². The minimum atomic E-state index is -0.441. The summed E-state index contributed by atoms with van der Waals surface area (Å²) >= 11 is 0. The maximum atomic E-state index is 5.80. The molecule has 0 saturated carbocycles. The maximum Gasteiger partial charge on any atom is 0.267 e. The van der Waals surface area contributed by atoms with E-state index in [1.54, 1.807) is 12.5 Å². The summed E-state index contributed by atoms with van der Waals surface area (Å²) in [7, 11) is 0. The third kappa shape index (κ3) is 3.01. The van der Waals surface area contributed by atoms with Gasteiger partial charge in [0.25, 0.3) is 6.29 Å². The highest BCUT2D eigenvalue weighted by atomic mass is 16.7. The molecule has 23 heavy (non-hydrogen) atoms. The van der Waals surface area contributed by atoms with Crippen molar-refractivity contribution in [2.24, 2.45) is 0 Å². The van der Waals surface area contributed by atoms with E-state index in [1.807, 2.05) is 60.7 Å². The van der Waals surface area contributed by atoms with E-state index in [0.29, 0.717) is 17.9 Å². The number of hydrogen-bond donors (Lipinski definition) is 0. The molecule has 0 amide bonds. The molecule has 2 atom stereocenters. The summed E-state index contributed by atoms with van der Waals surface area (Å²) in [5.41, 5.74) is 2.12. The Hall–Kier alpha value is -2.88. The molecule has 116 valence electrons. The van der Waals surface area contributed by atoms with E-state index in [0.717, 1.165) is 11.1 Å². The molecule has 4 rings (SSSR count). The van der Waals surface area contributed by atoms with Crippen LogP contribution >= 0.6 is 0 Å². The zero-order chi connectivity index (χ0) is 15.5. The van der Waals surface area contributed by atoms with Gasteiger partial charge in [0.1, 0.15) is 12.5 Å². The summed E-state index contributed by atoms with van der Waals surface area (Å²) in [5, 5.41) is 0. The van der Waals surface area contributed by atoms with Crippen LogP contribution in [0.15, 0.2) is 84.7 Å². The van der Waals surface area contributed by atoms with Gasteiger partial charge in [-0.1, -0.05) is 60.7 Å². The molecule has 2 aromatic rings. The Labute approximate surface area is 134 Å². The average molecular weight is 308 g/mol. The summed E-state index contributed by atoms with van der Waals surface area (Å²) in [6, 6.07) is 19.8. The lowest BCUT2D eigenvalue weighted by Crippen LogP contribution is -2.12. The smallest absolute Gasteiger partial charge is 0.267 e. The Morgan fingerprint density at radius 2 is 1.35 bits per heavy atom. The summed E-state index contributed by atoms with van der Waals surface area (Å²) in [6.45, 7) is 0. The van der Waals surface area contributed by atoms with Crippen molar-refractivity contribution in [3.8, 4) is 0 Å². The van der Waals surface area contributed by atoms with Crippen LogP contribution < -0.4 is 0 Å². The van der Waals surface area contributed by atoms with E-state index in [-0.39, 0.29) is 6.29 Å². The van der Waals surface area contributed by atoms with Crippen LogP contribution in [0.1, 0.15) is 17.4 Å². The third-order valence-corrected chi connectivity index (χ3v) is 3.68. The second kappa shape index (κ2) is 6.08. The average Bonchev–Trinajstić information content (AvgIpc) is 3.26. The fraction of sp³-hybridized carbons (Fsp3) is 0.158. The van der Waals surface area contributed by atoms with Crippen LogP contribution in [0.2, 0.25) is 0 Å². The van der Waals surface area contributed by atoms with Crippen LogP contribution in [0, 0.1) is 0 Å². The molecular formula is C19H16O4. The molecule has 2 aliphatic rings. The van der Waals surface area contributed by atoms with Crippen LogP contribution in [-0.4, -0.2) is 6.29 Å². The Balaban J connectivity index is 1.35. The lowest BCUT2D eigenvalue weighted by Gasteiger charge is -2.13. The highest BCUT2D eigenvalue weighted by Gasteiger charge is 2.30. The molecule has 0 bridgehead atoms. The molecular weight excluding hydrogens is 292 g/mol. The van der Waals surface area contributed by atoms with E-state index in [1.165, 1.54) is 0 Å². The first-order valence-electron chi connectivity index (χ1n) is 7.52. The second-order valence-corrected chi connectivity index (χ2v) is 5.33. The van der Waals surface area contributed by atoms with Crippen molar-refractivity contribution in [1.29, 1.82) is 0 Å². The number of rotatable bonds is 4. The van der Waals surface area contributed by atoms with Gasteiger partial charge in [-0.2, -0.15) is 0 Å². The lowest BCUT2D eigenvalue weighted by molar-refractivity contribution is -0.0521. The summed E-state index contributed by atoms with van der Waals surface area (Å²) in [5.74, 6) is 1.11. The monoisotopic (exact) mass is 308 g/mol. The molecule has 4 nitrogen and oxygen atoms in total. The van der Waals surface area contributed by atoms with Gasteiger partial charge in [-0.05, 0) is 5.56 Å². The van der Waals surface area contributed by atoms with E-state index in [9.17, 15) is 0 Å². The molecule has 2 unspecified atom stereocenters. The molecule has 2 aliphatic heterocycles. The van der Waals surface area contributed by atoms with Gasteiger partial charge in [0, 0.05) is 12.0 Å². The molecule has 0 N–H and O–H groups in total. The summed E-state index contributed by atoms with van der Waals surface area (Å²) in [4.78, 5) is 0. The molecule has 0 aromatic heterocycles. The van der Waals surface area contributed by atoms with Crippen molar-refractivity contribution in [3.63, 3.8) is 0 Å². The lowest BCUT2D eigenvalue weighted by atomic mass is 10.1. The summed E-state index contributed by atoms with van der Waals surface area (Å²) in [6.07, 6.45) is 3.04. The van der Waals surface area contributed by atoms with Crippen LogP contribution in [0.25, 0.3) is 0 Å². The predicted octanol–water partition coefficient (Wildman–Crippen LogP) is 4.03. The molecule has 4 heteroatoms. The summed E-state index contributed by atoms with van der Waals surface area (Å²) < 4.78 is 22.7. The third-order valence-electron chi connectivity index (χ3n) is 3.68. The van der Waals surface area contributed by atoms with E-state index < -0.39 is 6.29 Å². The fourth-order valence-electron chi connectivity index (χ4n) is 2.51. The Bertz CT molecular complexity index is 722. The Kier molecular flexibility index (Phi) is 3.64. The molecule has 0 saturated heterocycles.